The van der Waals surface area contributed by atoms with Gasteiger partial charge in [-0.05, 0) is 13.0 Å². The zero-order valence-corrected chi connectivity index (χ0v) is 13.2. The van der Waals surface area contributed by atoms with Crippen LogP contribution in [0.25, 0.3) is 6.08 Å². The third-order valence-corrected chi connectivity index (χ3v) is 3.26. The normalized spacial score (nSPS) is 16.9. The molecule has 3 heteroatoms. The van der Waals surface area contributed by atoms with Crippen molar-refractivity contribution in [1.82, 2.24) is 4.90 Å². The second-order valence-corrected chi connectivity index (χ2v) is 4.83. The van der Waals surface area contributed by atoms with E-state index in [1.54, 1.807) is 0 Å². The molecule has 0 spiro atoms. The maximum Gasteiger partial charge on any atom is 0.0276 e. The number of para-hydroxylation sites is 1. The average molecular weight is 417 g/mol. The summed E-state index contributed by atoms with van der Waals surface area (Å²) in [6.07, 6.45) is 4.37. The molecule has 0 aliphatic carbocycles. The van der Waals surface area contributed by atoms with Gasteiger partial charge in [0.25, 0.3) is 0 Å². The molecule has 0 unspecified atom stereocenters. The van der Waals surface area contributed by atoms with Gasteiger partial charge in [0.1, 0.15) is 0 Å². The van der Waals surface area contributed by atoms with Crippen LogP contribution in [-0.2, 0) is 20.1 Å². The van der Waals surface area contributed by atoms with Gasteiger partial charge in [-0.1, -0.05) is 25.6 Å². The predicted molar refractivity (Wildman–Crippen MR) is 70.7 cm³/mol. The third kappa shape index (κ3) is 1.92. The van der Waals surface area contributed by atoms with Crippen LogP contribution in [0.15, 0.2) is 35.7 Å². The van der Waals surface area contributed by atoms with E-state index in [1.807, 2.05) is 12.1 Å². The van der Waals surface area contributed by atoms with Crippen LogP contribution in [-0.4, -0.2) is 11.9 Å². The Morgan fingerprint density at radius 3 is 2.78 bits per heavy atom. The van der Waals surface area contributed by atoms with Crippen LogP contribution in [0.1, 0.15) is 19.4 Å². The van der Waals surface area contributed by atoms with Crippen molar-refractivity contribution in [2.75, 3.05) is 11.9 Å². The summed E-state index contributed by atoms with van der Waals surface area (Å²) in [5.74, 6) is 0.520. The van der Waals surface area contributed by atoms with Gasteiger partial charge in [0.05, 0.1) is 0 Å². The minimum Gasteiger partial charge on any atom is -0.507 e. The first-order chi connectivity index (χ1) is 8.18. The Balaban J connectivity index is 0.00000120. The SMILES string of the molecule is CC(C)C1=C2C=Cc3ccc[c-]c3N2[CH-]N1C.[Ir]. The van der Waals surface area contributed by atoms with Gasteiger partial charge in [-0.3, -0.25) is 0 Å². The Labute approximate surface area is 122 Å². The maximum absolute atomic E-state index is 3.32. The van der Waals surface area contributed by atoms with Crippen LogP contribution in [0, 0.1) is 18.7 Å². The molecule has 2 heterocycles. The van der Waals surface area contributed by atoms with E-state index in [0.717, 1.165) is 5.69 Å². The molecule has 97 valence electrons. The summed E-state index contributed by atoms with van der Waals surface area (Å²) in [6, 6.07) is 9.45. The molecule has 0 atom stereocenters. The number of hydrogen-bond acceptors (Lipinski definition) is 2. The molecule has 0 aromatic heterocycles. The van der Waals surface area contributed by atoms with Gasteiger partial charge in [0.2, 0.25) is 0 Å². The van der Waals surface area contributed by atoms with E-state index >= 15 is 0 Å². The molecule has 18 heavy (non-hydrogen) atoms. The van der Waals surface area contributed by atoms with Crippen molar-refractivity contribution < 1.29 is 20.1 Å². The van der Waals surface area contributed by atoms with Crippen molar-refractivity contribution in [3.05, 3.63) is 54.0 Å². The zero-order valence-electron chi connectivity index (χ0n) is 10.8. The number of hydrogen-bond donors (Lipinski definition) is 0. The van der Waals surface area contributed by atoms with Gasteiger partial charge in [-0.2, -0.15) is 30.9 Å². The molecule has 0 amide bonds. The minimum absolute atomic E-state index is 0. The van der Waals surface area contributed by atoms with Gasteiger partial charge in [0.15, 0.2) is 0 Å². The molecular formula is C15H16IrN2-2. The fourth-order valence-electron chi connectivity index (χ4n) is 2.60. The van der Waals surface area contributed by atoms with E-state index in [4.69, 9.17) is 0 Å². The summed E-state index contributed by atoms with van der Waals surface area (Å²) < 4.78 is 0. The zero-order chi connectivity index (χ0) is 12.0. The summed E-state index contributed by atoms with van der Waals surface area (Å²) in [7, 11) is 2.11. The fraction of sp³-hybridized carbons (Fsp3) is 0.267. The number of anilines is 1. The Morgan fingerprint density at radius 1 is 1.28 bits per heavy atom. The molecular weight excluding hydrogens is 400 g/mol. The Bertz CT molecular complexity index is 517. The molecule has 2 aliphatic heterocycles. The smallest absolute Gasteiger partial charge is 0.0276 e. The van der Waals surface area contributed by atoms with Gasteiger partial charge in [-0.15, -0.1) is 11.6 Å². The fourth-order valence-corrected chi connectivity index (χ4v) is 2.60. The molecule has 0 bridgehead atoms. The molecule has 1 radical (unpaired) electrons. The summed E-state index contributed by atoms with van der Waals surface area (Å²) in [6.45, 7) is 6.60. The molecule has 0 saturated heterocycles. The Hall–Kier alpha value is -1.05. The molecule has 0 fully saturated rings. The number of fused-ring (bicyclic) bond motifs is 3. The molecule has 3 rings (SSSR count). The maximum atomic E-state index is 3.32. The van der Waals surface area contributed by atoms with Crippen LogP contribution >= 0.6 is 0 Å². The minimum atomic E-state index is 0. The van der Waals surface area contributed by atoms with Crippen molar-refractivity contribution in [2.45, 2.75) is 13.8 Å². The molecule has 2 aliphatic rings. The summed E-state index contributed by atoms with van der Waals surface area (Å²) in [5.41, 5.74) is 5.01. The van der Waals surface area contributed by atoms with Gasteiger partial charge in [0, 0.05) is 31.5 Å². The topological polar surface area (TPSA) is 6.48 Å². The van der Waals surface area contributed by atoms with Crippen LogP contribution in [0.2, 0.25) is 0 Å². The summed E-state index contributed by atoms with van der Waals surface area (Å²) in [5, 5.41) is 0. The van der Waals surface area contributed by atoms with Crippen LogP contribution in [0.4, 0.5) is 5.69 Å². The van der Waals surface area contributed by atoms with E-state index in [1.165, 1.54) is 17.0 Å². The number of rotatable bonds is 1. The largest absolute Gasteiger partial charge is 0.507 e. The van der Waals surface area contributed by atoms with Crippen molar-refractivity contribution >= 4 is 11.8 Å². The van der Waals surface area contributed by atoms with E-state index in [9.17, 15) is 0 Å². The number of nitrogens with zero attached hydrogens (tertiary/aromatic N) is 2. The number of allylic oxidation sites excluding steroid dienone is 2. The van der Waals surface area contributed by atoms with Crippen LogP contribution in [0.5, 0.6) is 0 Å². The van der Waals surface area contributed by atoms with Crippen LogP contribution < -0.4 is 4.90 Å². The predicted octanol–water partition coefficient (Wildman–Crippen LogP) is 3.25. The Morgan fingerprint density at radius 2 is 2.06 bits per heavy atom. The Kier molecular flexibility index (Phi) is 3.65. The molecule has 2 nitrogen and oxygen atoms in total. The second-order valence-electron chi connectivity index (χ2n) is 4.83. The van der Waals surface area contributed by atoms with Crippen molar-refractivity contribution in [3.8, 4) is 0 Å². The second kappa shape index (κ2) is 4.91. The van der Waals surface area contributed by atoms with Gasteiger partial charge in [-0.25, -0.2) is 0 Å². The molecule has 0 saturated carbocycles. The summed E-state index contributed by atoms with van der Waals surface area (Å²) in [4.78, 5) is 4.44. The van der Waals surface area contributed by atoms with E-state index < -0.39 is 0 Å². The standard InChI is InChI=1S/C15H16N2.Ir/c1-11(2)15-14-9-8-12-6-4-5-7-13(12)17(14)10-16(15)3;/h4-6,8-11H,1-3H3;/q-2;. The van der Waals surface area contributed by atoms with E-state index in [2.05, 4.69) is 61.6 Å². The molecule has 1 aromatic carbocycles. The summed E-state index contributed by atoms with van der Waals surface area (Å²) >= 11 is 0. The first-order valence-corrected chi connectivity index (χ1v) is 5.98. The van der Waals surface area contributed by atoms with E-state index in [-0.39, 0.29) is 20.1 Å². The molecule has 0 N–H and O–H groups in total. The first kappa shape index (κ1) is 13.4. The quantitative estimate of drug-likeness (QED) is 0.649. The molecule has 1 aromatic rings. The van der Waals surface area contributed by atoms with E-state index in [0.29, 0.717) is 5.92 Å². The van der Waals surface area contributed by atoms with Crippen molar-refractivity contribution in [1.29, 1.82) is 0 Å². The first-order valence-electron chi connectivity index (χ1n) is 5.98. The van der Waals surface area contributed by atoms with Gasteiger partial charge >= 0.3 is 0 Å². The van der Waals surface area contributed by atoms with Crippen LogP contribution in [0.3, 0.4) is 0 Å². The monoisotopic (exact) mass is 417 g/mol. The third-order valence-electron chi connectivity index (χ3n) is 3.26. The average Bonchev–Trinajstić information content (AvgIpc) is 2.65. The van der Waals surface area contributed by atoms with Crippen molar-refractivity contribution in [2.24, 2.45) is 5.92 Å². The van der Waals surface area contributed by atoms with Gasteiger partial charge < -0.3 is 9.80 Å². The number of benzene rings is 1. The van der Waals surface area contributed by atoms with Crippen molar-refractivity contribution in [3.63, 3.8) is 0 Å².